The van der Waals surface area contributed by atoms with Crippen LogP contribution < -0.4 is 5.32 Å². The molecule has 1 rings (SSSR count). The number of hydrogen-bond acceptors (Lipinski definition) is 4. The van der Waals surface area contributed by atoms with Crippen molar-refractivity contribution >= 4 is 23.1 Å². The van der Waals surface area contributed by atoms with Crippen molar-refractivity contribution in [3.63, 3.8) is 0 Å². The van der Waals surface area contributed by atoms with Crippen molar-refractivity contribution in [3.05, 3.63) is 21.4 Å². The molecule has 0 bridgehead atoms. The number of nitrogens with one attached hydrogen (secondary N) is 1. The van der Waals surface area contributed by atoms with Gasteiger partial charge >= 0.3 is 0 Å². The zero-order valence-corrected chi connectivity index (χ0v) is 13.0. The topological polar surface area (TPSA) is 15.3 Å². The van der Waals surface area contributed by atoms with Gasteiger partial charge in [-0.25, -0.2) is 0 Å². The van der Waals surface area contributed by atoms with Crippen molar-refractivity contribution in [2.45, 2.75) is 26.9 Å². The number of rotatable bonds is 8. The van der Waals surface area contributed by atoms with E-state index in [1.807, 2.05) is 23.1 Å². The van der Waals surface area contributed by atoms with Crippen LogP contribution in [0.25, 0.3) is 0 Å². The summed E-state index contributed by atoms with van der Waals surface area (Å²) in [5.41, 5.74) is 1.49. The predicted octanol–water partition coefficient (Wildman–Crippen LogP) is 2.96. The molecule has 17 heavy (non-hydrogen) atoms. The molecule has 4 heteroatoms. The van der Waals surface area contributed by atoms with E-state index in [0.717, 1.165) is 19.6 Å². The molecule has 0 fully saturated rings. The number of hydrogen-bond donors (Lipinski definition) is 1. The lowest BCUT2D eigenvalue weighted by molar-refractivity contribution is 0.348. The quantitative estimate of drug-likeness (QED) is 0.783. The van der Waals surface area contributed by atoms with Crippen LogP contribution in [0.1, 0.15) is 22.2 Å². The molecule has 0 aliphatic rings. The van der Waals surface area contributed by atoms with Crippen LogP contribution in [0.4, 0.5) is 0 Å². The molecule has 0 aliphatic carbocycles. The molecule has 0 radical (unpaired) electrons. The van der Waals surface area contributed by atoms with Crippen molar-refractivity contribution in [2.75, 3.05) is 32.1 Å². The maximum absolute atomic E-state index is 3.39. The lowest BCUT2D eigenvalue weighted by atomic mass is 10.2. The molecular weight excluding hydrogens is 248 g/mol. The third-order valence-corrected chi connectivity index (χ3v) is 4.42. The summed E-state index contributed by atoms with van der Waals surface area (Å²) < 4.78 is 0. The highest BCUT2D eigenvalue weighted by Crippen LogP contribution is 2.22. The summed E-state index contributed by atoms with van der Waals surface area (Å²) in [5, 5.41) is 3.39. The van der Waals surface area contributed by atoms with E-state index in [4.69, 9.17) is 0 Å². The van der Waals surface area contributed by atoms with Gasteiger partial charge in [0.1, 0.15) is 0 Å². The fourth-order valence-electron chi connectivity index (χ4n) is 1.70. The van der Waals surface area contributed by atoms with E-state index in [1.54, 1.807) is 0 Å². The summed E-state index contributed by atoms with van der Waals surface area (Å²) in [6, 6.07) is 2.36. The fraction of sp³-hybridized carbons (Fsp3) is 0.692. The first-order valence-corrected chi connectivity index (χ1v) is 8.34. The molecule has 98 valence electrons. The van der Waals surface area contributed by atoms with Gasteiger partial charge in [-0.05, 0) is 38.4 Å². The third-order valence-electron chi connectivity index (χ3n) is 2.74. The summed E-state index contributed by atoms with van der Waals surface area (Å²) in [6.07, 6.45) is 2.16. The maximum Gasteiger partial charge on any atom is 0.0299 e. The van der Waals surface area contributed by atoms with E-state index in [2.05, 4.69) is 43.4 Å². The Bertz CT molecular complexity index is 323. The Morgan fingerprint density at radius 3 is 2.88 bits per heavy atom. The second kappa shape index (κ2) is 8.14. The zero-order valence-electron chi connectivity index (χ0n) is 11.4. The van der Waals surface area contributed by atoms with Gasteiger partial charge < -0.3 is 10.2 Å². The zero-order chi connectivity index (χ0) is 12.7. The largest absolute Gasteiger partial charge is 0.312 e. The summed E-state index contributed by atoms with van der Waals surface area (Å²) in [4.78, 5) is 5.33. The number of thioether (sulfide) groups is 1. The second-order valence-corrected chi connectivity index (χ2v) is 6.63. The molecule has 1 N–H and O–H groups in total. The fourth-order valence-corrected chi connectivity index (χ4v) is 3.21. The van der Waals surface area contributed by atoms with Crippen molar-refractivity contribution in [1.82, 2.24) is 10.2 Å². The monoisotopic (exact) mass is 272 g/mol. The van der Waals surface area contributed by atoms with Gasteiger partial charge in [0.05, 0.1) is 0 Å². The van der Waals surface area contributed by atoms with Crippen LogP contribution in [0.3, 0.4) is 0 Å². The standard InChI is InChI=1S/C13H24N2S2/c1-5-14-9-13-8-12(11(2)17-13)10-15(3)6-7-16-4/h8,14H,5-7,9-10H2,1-4H3. The van der Waals surface area contributed by atoms with E-state index in [9.17, 15) is 0 Å². The van der Waals surface area contributed by atoms with E-state index < -0.39 is 0 Å². The molecule has 0 aromatic carbocycles. The lowest BCUT2D eigenvalue weighted by Gasteiger charge is -2.15. The third kappa shape index (κ3) is 5.42. The Labute approximate surface area is 114 Å². The molecule has 0 unspecified atom stereocenters. The van der Waals surface area contributed by atoms with Gasteiger partial charge in [0.25, 0.3) is 0 Å². The smallest absolute Gasteiger partial charge is 0.0299 e. The van der Waals surface area contributed by atoms with Crippen molar-refractivity contribution in [3.8, 4) is 0 Å². The van der Waals surface area contributed by atoms with Crippen molar-refractivity contribution in [1.29, 1.82) is 0 Å². The second-order valence-electron chi connectivity index (χ2n) is 4.31. The first-order valence-electron chi connectivity index (χ1n) is 6.13. The summed E-state index contributed by atoms with van der Waals surface area (Å²) >= 11 is 3.84. The first-order chi connectivity index (χ1) is 8.17. The molecule has 0 amide bonds. The van der Waals surface area contributed by atoms with Gasteiger partial charge in [0, 0.05) is 35.1 Å². The Morgan fingerprint density at radius 2 is 2.24 bits per heavy atom. The van der Waals surface area contributed by atoms with Crippen LogP contribution in [0.5, 0.6) is 0 Å². The molecule has 0 saturated heterocycles. The van der Waals surface area contributed by atoms with Crippen molar-refractivity contribution in [2.24, 2.45) is 0 Å². The summed E-state index contributed by atoms with van der Waals surface area (Å²) in [6.45, 7) is 8.68. The van der Waals surface area contributed by atoms with Gasteiger partial charge in [-0.3, -0.25) is 0 Å². The molecule has 1 aromatic rings. The first kappa shape index (κ1) is 15.0. The Hall–Kier alpha value is -0.0300. The van der Waals surface area contributed by atoms with Gasteiger partial charge in [0.2, 0.25) is 0 Å². The number of thiophene rings is 1. The normalized spacial score (nSPS) is 11.4. The summed E-state index contributed by atoms with van der Waals surface area (Å²) in [5.74, 6) is 1.21. The van der Waals surface area contributed by atoms with E-state index in [0.29, 0.717) is 0 Å². The molecule has 0 saturated carbocycles. The number of nitrogens with zero attached hydrogens (tertiary/aromatic N) is 1. The SMILES string of the molecule is CCNCc1cc(CN(C)CCSC)c(C)s1. The van der Waals surface area contributed by atoms with Crippen LogP contribution in [0, 0.1) is 6.92 Å². The highest BCUT2D eigenvalue weighted by atomic mass is 32.2. The summed E-state index contributed by atoms with van der Waals surface area (Å²) in [7, 11) is 2.21. The van der Waals surface area contributed by atoms with Crippen LogP contribution in [-0.4, -0.2) is 37.0 Å². The van der Waals surface area contributed by atoms with E-state index in [1.165, 1.54) is 27.6 Å². The minimum atomic E-state index is 1.01. The van der Waals surface area contributed by atoms with Gasteiger partial charge in [-0.1, -0.05) is 6.92 Å². The minimum absolute atomic E-state index is 1.01. The lowest BCUT2D eigenvalue weighted by Crippen LogP contribution is -2.20. The number of aryl methyl sites for hydroxylation is 1. The predicted molar refractivity (Wildman–Crippen MR) is 81.2 cm³/mol. The molecule has 1 aromatic heterocycles. The Morgan fingerprint density at radius 1 is 1.47 bits per heavy atom. The molecule has 0 spiro atoms. The average Bonchev–Trinajstić information content (AvgIpc) is 2.65. The van der Waals surface area contributed by atoms with Gasteiger partial charge in [-0.2, -0.15) is 11.8 Å². The van der Waals surface area contributed by atoms with Crippen LogP contribution in [0.15, 0.2) is 6.07 Å². The molecule has 1 heterocycles. The van der Waals surface area contributed by atoms with E-state index >= 15 is 0 Å². The van der Waals surface area contributed by atoms with Crippen LogP contribution in [0.2, 0.25) is 0 Å². The van der Waals surface area contributed by atoms with Crippen LogP contribution >= 0.6 is 23.1 Å². The van der Waals surface area contributed by atoms with Gasteiger partial charge in [-0.15, -0.1) is 11.3 Å². The van der Waals surface area contributed by atoms with Crippen molar-refractivity contribution < 1.29 is 0 Å². The Kier molecular flexibility index (Phi) is 7.19. The average molecular weight is 272 g/mol. The molecule has 0 atom stereocenters. The maximum atomic E-state index is 3.39. The van der Waals surface area contributed by atoms with Crippen LogP contribution in [-0.2, 0) is 13.1 Å². The minimum Gasteiger partial charge on any atom is -0.312 e. The van der Waals surface area contributed by atoms with Gasteiger partial charge in [0.15, 0.2) is 0 Å². The van der Waals surface area contributed by atoms with E-state index in [-0.39, 0.29) is 0 Å². The molecule has 0 aliphatic heterocycles. The highest BCUT2D eigenvalue weighted by Gasteiger charge is 2.07. The Balaban J connectivity index is 2.49. The highest BCUT2D eigenvalue weighted by molar-refractivity contribution is 7.98. The molecular formula is C13H24N2S2. The molecule has 2 nitrogen and oxygen atoms in total.